The molecule has 0 fully saturated rings. The van der Waals surface area contributed by atoms with Gasteiger partial charge < -0.3 is 4.74 Å². The topological polar surface area (TPSA) is 72.3 Å². The number of H-pyrrole nitrogens is 1. The van der Waals surface area contributed by atoms with Crippen molar-refractivity contribution in [2.75, 3.05) is 0 Å². The first kappa shape index (κ1) is 17.8. The van der Waals surface area contributed by atoms with Crippen LogP contribution in [0.15, 0.2) is 58.4 Å². The van der Waals surface area contributed by atoms with E-state index in [2.05, 4.69) is 34.4 Å². The maximum atomic E-state index is 12.0. The van der Waals surface area contributed by atoms with Gasteiger partial charge in [-0.2, -0.15) is 14.9 Å². The van der Waals surface area contributed by atoms with E-state index < -0.39 is 0 Å². The van der Waals surface area contributed by atoms with Gasteiger partial charge in [0.15, 0.2) is 0 Å². The van der Waals surface area contributed by atoms with E-state index >= 15 is 0 Å². The number of hydrogen-bond donors (Lipinski definition) is 1. The second kappa shape index (κ2) is 7.88. The maximum absolute atomic E-state index is 12.0. The van der Waals surface area contributed by atoms with Crippen molar-refractivity contribution in [1.82, 2.24) is 14.9 Å². The van der Waals surface area contributed by atoms with Crippen LogP contribution in [0.3, 0.4) is 0 Å². The molecule has 0 radical (unpaired) electrons. The van der Waals surface area contributed by atoms with Crippen LogP contribution >= 0.6 is 12.2 Å². The first-order valence-electron chi connectivity index (χ1n) is 8.04. The number of aromatic amines is 1. The molecule has 1 N–H and O–H groups in total. The first-order valence-corrected chi connectivity index (χ1v) is 8.45. The lowest BCUT2D eigenvalue weighted by atomic mass is 10.1. The minimum absolute atomic E-state index is 0.148. The molecule has 0 aliphatic heterocycles. The molecule has 3 aromatic rings. The lowest BCUT2D eigenvalue weighted by Crippen LogP contribution is -2.22. The van der Waals surface area contributed by atoms with Gasteiger partial charge in [-0.15, -0.1) is 0 Å². The lowest BCUT2D eigenvalue weighted by Gasteiger charge is -2.07. The molecule has 0 saturated heterocycles. The zero-order chi connectivity index (χ0) is 18.5. The highest BCUT2D eigenvalue weighted by molar-refractivity contribution is 7.71. The number of aryl methyl sites for hydroxylation is 2. The Morgan fingerprint density at radius 1 is 1.23 bits per heavy atom. The van der Waals surface area contributed by atoms with Crippen molar-refractivity contribution in [3.63, 3.8) is 0 Å². The number of ether oxygens (including phenoxy) is 1. The van der Waals surface area contributed by atoms with Gasteiger partial charge in [-0.1, -0.05) is 29.8 Å². The fraction of sp³-hybridized carbons (Fsp3) is 0.158. The molecular formula is C19H18N4O2S. The zero-order valence-electron chi connectivity index (χ0n) is 14.5. The van der Waals surface area contributed by atoms with Gasteiger partial charge in [-0.3, -0.25) is 9.89 Å². The van der Waals surface area contributed by atoms with Crippen molar-refractivity contribution < 1.29 is 4.74 Å². The summed E-state index contributed by atoms with van der Waals surface area (Å²) in [6.45, 7) is 4.16. The number of aromatic nitrogens is 3. The predicted octanol–water partition coefficient (Wildman–Crippen LogP) is 3.38. The smallest absolute Gasteiger partial charge is 0.296 e. The molecule has 26 heavy (non-hydrogen) atoms. The molecule has 0 amide bonds. The highest BCUT2D eigenvalue weighted by Crippen LogP contribution is 2.14. The van der Waals surface area contributed by atoms with Crippen LogP contribution in [-0.2, 0) is 6.61 Å². The van der Waals surface area contributed by atoms with Crippen molar-refractivity contribution in [1.29, 1.82) is 0 Å². The molecule has 0 saturated carbocycles. The van der Waals surface area contributed by atoms with Crippen LogP contribution in [0.5, 0.6) is 5.75 Å². The van der Waals surface area contributed by atoms with Crippen LogP contribution in [0.25, 0.3) is 0 Å². The van der Waals surface area contributed by atoms with E-state index in [0.717, 1.165) is 21.6 Å². The third kappa shape index (κ3) is 4.31. The Morgan fingerprint density at radius 3 is 2.73 bits per heavy atom. The molecule has 0 atom stereocenters. The Hall–Kier alpha value is -3.06. The van der Waals surface area contributed by atoms with Gasteiger partial charge >= 0.3 is 0 Å². The molecule has 6 nitrogen and oxygen atoms in total. The van der Waals surface area contributed by atoms with Gasteiger partial charge in [0.1, 0.15) is 18.1 Å². The van der Waals surface area contributed by atoms with Gasteiger partial charge in [0.05, 0.1) is 6.21 Å². The standard InChI is InChI=1S/C19H18N4O2S/c1-13-4-3-5-16(10-13)12-25-17-8-6-15(7-9-17)11-20-23-18(24)14(2)21-22-19(23)26/h3-11H,12H2,1-2H3,(H,22,26)/b20-11+. The molecule has 0 unspecified atom stereocenters. The van der Waals surface area contributed by atoms with Crippen molar-refractivity contribution in [2.45, 2.75) is 20.5 Å². The van der Waals surface area contributed by atoms with Crippen molar-refractivity contribution in [3.8, 4) is 5.75 Å². The number of hydrogen-bond acceptors (Lipinski definition) is 5. The molecule has 1 heterocycles. The minimum atomic E-state index is -0.344. The van der Waals surface area contributed by atoms with Crippen LogP contribution in [0.2, 0.25) is 0 Å². The van der Waals surface area contributed by atoms with Crippen LogP contribution in [-0.4, -0.2) is 21.1 Å². The molecule has 132 valence electrons. The van der Waals surface area contributed by atoms with Crippen LogP contribution in [0, 0.1) is 18.6 Å². The second-order valence-corrected chi connectivity index (χ2v) is 6.21. The Labute approximate surface area is 155 Å². The summed E-state index contributed by atoms with van der Waals surface area (Å²) in [5.41, 5.74) is 3.11. The molecule has 7 heteroatoms. The number of benzene rings is 2. The summed E-state index contributed by atoms with van der Waals surface area (Å²) < 4.78 is 7.05. The predicted molar refractivity (Wildman–Crippen MR) is 103 cm³/mol. The Bertz CT molecular complexity index is 1050. The van der Waals surface area contributed by atoms with Gasteiger partial charge in [0, 0.05) is 0 Å². The Kier molecular flexibility index (Phi) is 5.38. The summed E-state index contributed by atoms with van der Waals surface area (Å²) in [4.78, 5) is 12.0. The average Bonchev–Trinajstić information content (AvgIpc) is 2.64. The minimum Gasteiger partial charge on any atom is -0.489 e. The molecule has 0 aliphatic rings. The van der Waals surface area contributed by atoms with E-state index in [1.54, 1.807) is 13.1 Å². The van der Waals surface area contributed by atoms with Gasteiger partial charge in [-0.25, -0.2) is 0 Å². The van der Waals surface area contributed by atoms with Crippen LogP contribution < -0.4 is 10.3 Å². The van der Waals surface area contributed by atoms with E-state index in [1.807, 2.05) is 36.4 Å². The van der Waals surface area contributed by atoms with Gasteiger partial charge in [-0.05, 0) is 61.5 Å². The molecule has 1 aromatic heterocycles. The fourth-order valence-electron chi connectivity index (χ4n) is 2.32. The average molecular weight is 366 g/mol. The Balaban J connectivity index is 1.69. The summed E-state index contributed by atoms with van der Waals surface area (Å²) >= 11 is 5.04. The maximum Gasteiger partial charge on any atom is 0.296 e. The monoisotopic (exact) mass is 366 g/mol. The summed E-state index contributed by atoms with van der Waals surface area (Å²) in [7, 11) is 0. The van der Waals surface area contributed by atoms with Gasteiger partial charge in [0.2, 0.25) is 4.77 Å². The fourth-order valence-corrected chi connectivity index (χ4v) is 2.50. The van der Waals surface area contributed by atoms with E-state index in [9.17, 15) is 4.79 Å². The highest BCUT2D eigenvalue weighted by Gasteiger charge is 2.01. The number of nitrogens with one attached hydrogen (secondary N) is 1. The molecule has 3 rings (SSSR count). The van der Waals surface area contributed by atoms with Gasteiger partial charge in [0.25, 0.3) is 5.56 Å². The summed E-state index contributed by atoms with van der Waals surface area (Å²) in [5.74, 6) is 0.762. The van der Waals surface area contributed by atoms with Crippen molar-refractivity contribution >= 4 is 18.4 Å². The van der Waals surface area contributed by atoms with E-state index in [4.69, 9.17) is 17.0 Å². The largest absolute Gasteiger partial charge is 0.489 e. The zero-order valence-corrected chi connectivity index (χ0v) is 15.3. The third-order valence-electron chi connectivity index (χ3n) is 3.70. The second-order valence-electron chi connectivity index (χ2n) is 5.82. The van der Waals surface area contributed by atoms with Crippen molar-refractivity contribution in [3.05, 3.63) is 86.0 Å². The van der Waals surface area contributed by atoms with Crippen LogP contribution in [0.1, 0.15) is 22.4 Å². The SMILES string of the molecule is Cc1cccc(COc2ccc(/C=N/n3c(=S)[nH]nc(C)c3=O)cc2)c1. The third-order valence-corrected chi connectivity index (χ3v) is 3.97. The highest BCUT2D eigenvalue weighted by atomic mass is 32.1. The summed E-state index contributed by atoms with van der Waals surface area (Å²) in [6.07, 6.45) is 1.56. The summed E-state index contributed by atoms with van der Waals surface area (Å²) in [5, 5.41) is 10.5. The molecule has 0 bridgehead atoms. The molecule has 2 aromatic carbocycles. The van der Waals surface area contributed by atoms with E-state index in [1.165, 1.54) is 5.56 Å². The Morgan fingerprint density at radius 2 is 2.00 bits per heavy atom. The quantitative estimate of drug-likeness (QED) is 0.555. The van der Waals surface area contributed by atoms with Crippen LogP contribution in [0.4, 0.5) is 0 Å². The lowest BCUT2D eigenvalue weighted by molar-refractivity contribution is 0.306. The molecule has 0 spiro atoms. The number of rotatable bonds is 5. The van der Waals surface area contributed by atoms with E-state index in [0.29, 0.717) is 12.3 Å². The molecule has 0 aliphatic carbocycles. The summed E-state index contributed by atoms with van der Waals surface area (Å²) in [6, 6.07) is 15.6. The number of nitrogens with zero attached hydrogens (tertiary/aromatic N) is 3. The first-order chi connectivity index (χ1) is 12.5. The van der Waals surface area contributed by atoms with Crippen molar-refractivity contribution in [2.24, 2.45) is 5.10 Å². The molecular weight excluding hydrogens is 348 g/mol. The normalized spacial score (nSPS) is 11.0. The van der Waals surface area contributed by atoms with E-state index in [-0.39, 0.29) is 10.3 Å².